The van der Waals surface area contributed by atoms with Gasteiger partial charge in [-0.05, 0) is 0 Å². The standard InChI is InChI=1S/C8H7NO4S/c10-3-5-7(8-12-1-2-13-8)9-6(4-11)14-5/h3-4,8H,1-2H2. The third-order valence-corrected chi connectivity index (χ3v) is 2.67. The summed E-state index contributed by atoms with van der Waals surface area (Å²) >= 11 is 1.04. The van der Waals surface area contributed by atoms with E-state index in [1.165, 1.54) is 0 Å². The molecule has 1 aromatic rings. The molecule has 5 nitrogen and oxygen atoms in total. The molecule has 2 rings (SSSR count). The number of aromatic nitrogens is 1. The van der Waals surface area contributed by atoms with Crippen LogP contribution in [0, 0.1) is 0 Å². The van der Waals surface area contributed by atoms with E-state index in [1.807, 2.05) is 0 Å². The molecule has 0 unspecified atom stereocenters. The number of hydrogen-bond acceptors (Lipinski definition) is 6. The zero-order valence-electron chi connectivity index (χ0n) is 7.13. The molecule has 0 aromatic carbocycles. The predicted octanol–water partition coefficient (Wildman–Crippen LogP) is 0.814. The fourth-order valence-electron chi connectivity index (χ4n) is 1.18. The summed E-state index contributed by atoms with van der Waals surface area (Å²) in [5.74, 6) is 0. The van der Waals surface area contributed by atoms with Crippen molar-refractivity contribution in [1.29, 1.82) is 0 Å². The minimum absolute atomic E-state index is 0.265. The molecular formula is C8H7NO4S. The van der Waals surface area contributed by atoms with Crippen LogP contribution in [0.15, 0.2) is 0 Å². The van der Waals surface area contributed by atoms with E-state index in [4.69, 9.17) is 9.47 Å². The van der Waals surface area contributed by atoms with Crippen LogP contribution in [0.1, 0.15) is 31.5 Å². The van der Waals surface area contributed by atoms with E-state index in [1.54, 1.807) is 0 Å². The number of rotatable bonds is 3. The lowest BCUT2D eigenvalue weighted by atomic mass is 10.4. The summed E-state index contributed by atoms with van der Waals surface area (Å²) in [4.78, 5) is 25.4. The Morgan fingerprint density at radius 3 is 2.57 bits per heavy atom. The van der Waals surface area contributed by atoms with Gasteiger partial charge in [-0.3, -0.25) is 9.59 Å². The lowest BCUT2D eigenvalue weighted by Crippen LogP contribution is -2.01. The lowest BCUT2D eigenvalue weighted by Gasteiger charge is -2.04. The molecule has 0 saturated carbocycles. The predicted molar refractivity (Wildman–Crippen MR) is 47.5 cm³/mol. The van der Waals surface area contributed by atoms with Crippen LogP contribution in [-0.4, -0.2) is 30.8 Å². The highest BCUT2D eigenvalue weighted by Crippen LogP contribution is 2.27. The smallest absolute Gasteiger partial charge is 0.202 e. The fourth-order valence-corrected chi connectivity index (χ4v) is 1.89. The Balaban J connectivity index is 2.34. The molecule has 74 valence electrons. The molecule has 1 aliphatic rings. The van der Waals surface area contributed by atoms with Crippen LogP contribution >= 0.6 is 11.3 Å². The van der Waals surface area contributed by atoms with Crippen molar-refractivity contribution in [1.82, 2.24) is 4.98 Å². The monoisotopic (exact) mass is 213 g/mol. The molecule has 0 radical (unpaired) electrons. The highest BCUT2D eigenvalue weighted by molar-refractivity contribution is 7.15. The third-order valence-electron chi connectivity index (χ3n) is 1.75. The molecule has 2 heterocycles. The average Bonchev–Trinajstić information content (AvgIpc) is 2.85. The molecule has 0 aliphatic carbocycles. The highest BCUT2D eigenvalue weighted by Gasteiger charge is 2.25. The quantitative estimate of drug-likeness (QED) is 0.695. The van der Waals surface area contributed by atoms with E-state index in [-0.39, 0.29) is 5.01 Å². The maximum atomic E-state index is 10.7. The van der Waals surface area contributed by atoms with E-state index in [2.05, 4.69) is 4.98 Å². The first-order valence-electron chi connectivity index (χ1n) is 3.99. The van der Waals surface area contributed by atoms with Crippen LogP contribution in [0.2, 0.25) is 0 Å². The lowest BCUT2D eigenvalue weighted by molar-refractivity contribution is -0.0471. The Kier molecular flexibility index (Phi) is 2.67. The first-order valence-corrected chi connectivity index (χ1v) is 4.81. The van der Waals surface area contributed by atoms with Gasteiger partial charge in [0.05, 0.1) is 18.1 Å². The molecule has 6 heteroatoms. The summed E-state index contributed by atoms with van der Waals surface area (Å²) in [6.45, 7) is 0.966. The number of carbonyl (C=O) groups is 2. The first kappa shape index (κ1) is 9.45. The zero-order chi connectivity index (χ0) is 9.97. The molecule has 0 N–H and O–H groups in total. The van der Waals surface area contributed by atoms with Gasteiger partial charge in [0.2, 0.25) is 6.29 Å². The molecular weight excluding hydrogens is 206 g/mol. The maximum absolute atomic E-state index is 10.7. The first-order chi connectivity index (χ1) is 6.85. The number of carbonyl (C=O) groups excluding carboxylic acids is 2. The highest BCUT2D eigenvalue weighted by atomic mass is 32.1. The molecule has 1 aliphatic heterocycles. The van der Waals surface area contributed by atoms with Crippen molar-refractivity contribution in [3.8, 4) is 0 Å². The van der Waals surface area contributed by atoms with Gasteiger partial charge >= 0.3 is 0 Å². The number of nitrogens with zero attached hydrogens (tertiary/aromatic N) is 1. The van der Waals surface area contributed by atoms with Crippen molar-refractivity contribution >= 4 is 23.9 Å². The SMILES string of the molecule is O=Cc1nc(C2OCCO2)c(C=O)s1. The topological polar surface area (TPSA) is 65.5 Å². The van der Waals surface area contributed by atoms with Crippen molar-refractivity contribution in [2.75, 3.05) is 13.2 Å². The van der Waals surface area contributed by atoms with Crippen molar-refractivity contribution in [3.05, 3.63) is 15.6 Å². The second-order valence-electron chi connectivity index (χ2n) is 2.61. The van der Waals surface area contributed by atoms with Crippen LogP contribution in [0.4, 0.5) is 0 Å². The summed E-state index contributed by atoms with van der Waals surface area (Å²) in [5.41, 5.74) is 0.407. The van der Waals surface area contributed by atoms with E-state index < -0.39 is 6.29 Å². The summed E-state index contributed by atoms with van der Waals surface area (Å²) in [7, 11) is 0. The van der Waals surface area contributed by atoms with Gasteiger partial charge in [0.15, 0.2) is 17.6 Å². The van der Waals surface area contributed by atoms with Crippen LogP contribution in [0.5, 0.6) is 0 Å². The molecule has 0 amide bonds. The van der Waals surface area contributed by atoms with Crippen molar-refractivity contribution in [2.24, 2.45) is 0 Å². The van der Waals surface area contributed by atoms with Gasteiger partial charge in [0.1, 0.15) is 5.69 Å². The molecule has 14 heavy (non-hydrogen) atoms. The summed E-state index contributed by atoms with van der Waals surface area (Å²) in [5, 5.41) is 0.265. The second kappa shape index (κ2) is 3.95. The van der Waals surface area contributed by atoms with Gasteiger partial charge in [0.25, 0.3) is 0 Å². The minimum atomic E-state index is -0.597. The van der Waals surface area contributed by atoms with Gasteiger partial charge in [-0.2, -0.15) is 0 Å². The second-order valence-corrected chi connectivity index (χ2v) is 3.67. The Bertz CT molecular complexity index is 356. The zero-order valence-corrected chi connectivity index (χ0v) is 7.95. The molecule has 1 fully saturated rings. The number of aldehydes is 2. The molecule has 1 saturated heterocycles. The van der Waals surface area contributed by atoms with E-state index in [9.17, 15) is 9.59 Å². The Morgan fingerprint density at radius 1 is 1.29 bits per heavy atom. The van der Waals surface area contributed by atoms with Crippen LogP contribution in [-0.2, 0) is 9.47 Å². The van der Waals surface area contributed by atoms with Gasteiger partial charge < -0.3 is 9.47 Å². The van der Waals surface area contributed by atoms with Crippen molar-refractivity contribution < 1.29 is 19.1 Å². The van der Waals surface area contributed by atoms with E-state index in [0.717, 1.165) is 11.3 Å². The number of hydrogen-bond donors (Lipinski definition) is 0. The third kappa shape index (κ3) is 1.59. The number of ether oxygens (including phenoxy) is 2. The van der Waals surface area contributed by atoms with E-state index in [0.29, 0.717) is 36.4 Å². The van der Waals surface area contributed by atoms with Gasteiger partial charge in [-0.15, -0.1) is 11.3 Å². The normalized spacial score (nSPS) is 17.1. The van der Waals surface area contributed by atoms with Crippen LogP contribution < -0.4 is 0 Å². The van der Waals surface area contributed by atoms with Gasteiger partial charge in [-0.25, -0.2) is 4.98 Å². The summed E-state index contributed by atoms with van der Waals surface area (Å²) in [6.07, 6.45) is 0.668. The van der Waals surface area contributed by atoms with Crippen LogP contribution in [0.25, 0.3) is 0 Å². The summed E-state index contributed by atoms with van der Waals surface area (Å²) in [6, 6.07) is 0. The van der Waals surface area contributed by atoms with Crippen molar-refractivity contribution in [2.45, 2.75) is 6.29 Å². The number of thiazole rings is 1. The Labute approximate surface area is 83.7 Å². The Morgan fingerprint density at radius 2 is 2.00 bits per heavy atom. The summed E-state index contributed by atoms with van der Waals surface area (Å²) < 4.78 is 10.4. The Hall–Kier alpha value is -1.11. The van der Waals surface area contributed by atoms with E-state index >= 15 is 0 Å². The fraction of sp³-hybridized carbons (Fsp3) is 0.375. The average molecular weight is 213 g/mol. The molecule has 0 atom stereocenters. The largest absolute Gasteiger partial charge is 0.345 e. The van der Waals surface area contributed by atoms with Crippen molar-refractivity contribution in [3.63, 3.8) is 0 Å². The minimum Gasteiger partial charge on any atom is -0.345 e. The molecule has 0 spiro atoms. The maximum Gasteiger partial charge on any atom is 0.202 e. The van der Waals surface area contributed by atoms with Crippen LogP contribution in [0.3, 0.4) is 0 Å². The molecule has 1 aromatic heterocycles. The molecule has 0 bridgehead atoms. The van der Waals surface area contributed by atoms with Gasteiger partial charge in [0, 0.05) is 0 Å². The van der Waals surface area contributed by atoms with Gasteiger partial charge in [-0.1, -0.05) is 0 Å².